The summed E-state index contributed by atoms with van der Waals surface area (Å²) in [6.07, 6.45) is 0.832. The monoisotopic (exact) mass is 323 g/mol. The molecule has 1 aromatic heterocycles. The second-order valence-corrected chi connectivity index (χ2v) is 5.79. The first-order valence-electron chi connectivity index (χ1n) is 7.93. The van der Waals surface area contributed by atoms with Crippen LogP contribution in [0.2, 0.25) is 0 Å². The number of ether oxygens (including phenoxy) is 1. The first-order chi connectivity index (χ1) is 11.7. The van der Waals surface area contributed by atoms with Gasteiger partial charge in [0.2, 0.25) is 0 Å². The summed E-state index contributed by atoms with van der Waals surface area (Å²) in [6.45, 7) is 4.22. The maximum absolute atomic E-state index is 5.21. The molecule has 0 radical (unpaired) electrons. The van der Waals surface area contributed by atoms with Gasteiger partial charge in [-0.2, -0.15) is 4.68 Å². The van der Waals surface area contributed by atoms with Crippen LogP contribution in [0.1, 0.15) is 26.1 Å². The van der Waals surface area contributed by atoms with Crippen molar-refractivity contribution in [3.63, 3.8) is 0 Å². The molecule has 0 aliphatic rings. The van der Waals surface area contributed by atoms with Gasteiger partial charge in [-0.25, -0.2) is 0 Å². The minimum Gasteiger partial charge on any atom is -0.497 e. The van der Waals surface area contributed by atoms with Crippen molar-refractivity contribution in [1.82, 2.24) is 20.2 Å². The lowest BCUT2D eigenvalue weighted by Crippen LogP contribution is -2.34. The van der Waals surface area contributed by atoms with Crippen molar-refractivity contribution in [2.45, 2.75) is 25.8 Å². The molecule has 3 rings (SSSR count). The van der Waals surface area contributed by atoms with Crippen molar-refractivity contribution < 1.29 is 4.74 Å². The van der Waals surface area contributed by atoms with E-state index in [1.54, 1.807) is 11.8 Å². The highest BCUT2D eigenvalue weighted by molar-refractivity contribution is 5.46. The van der Waals surface area contributed by atoms with E-state index >= 15 is 0 Å². The van der Waals surface area contributed by atoms with Crippen molar-refractivity contribution >= 4 is 5.69 Å². The smallest absolute Gasteiger partial charge is 0.181 e. The topological polar surface area (TPSA) is 64.9 Å². The zero-order valence-electron chi connectivity index (χ0n) is 14.1. The molecular weight excluding hydrogens is 302 g/mol. The summed E-state index contributed by atoms with van der Waals surface area (Å²) in [5.74, 6) is 1.56. The van der Waals surface area contributed by atoms with Crippen molar-refractivity contribution in [3.8, 4) is 11.4 Å². The van der Waals surface area contributed by atoms with E-state index in [1.165, 1.54) is 0 Å². The fourth-order valence-corrected chi connectivity index (χ4v) is 2.57. The molecule has 24 heavy (non-hydrogen) atoms. The standard InChI is InChI=1S/C18H21N5O/c1-4-18(2,19-14-8-6-5-7-9-14)17-20-21-22-23(17)15-10-12-16(24-3)13-11-15/h5-13,19H,4H2,1-3H3/t18-/m0/s1. The summed E-state index contributed by atoms with van der Waals surface area (Å²) in [7, 11) is 1.65. The molecule has 0 aliphatic carbocycles. The highest BCUT2D eigenvalue weighted by atomic mass is 16.5. The SMILES string of the molecule is CC[C@](C)(Nc1ccccc1)c1nnnn1-c1ccc(OC)cc1. The zero-order chi connectivity index (χ0) is 17.0. The Morgan fingerprint density at radius 3 is 2.42 bits per heavy atom. The summed E-state index contributed by atoms with van der Waals surface area (Å²) in [4.78, 5) is 0. The Balaban J connectivity index is 1.97. The van der Waals surface area contributed by atoms with Crippen LogP contribution in [-0.4, -0.2) is 27.3 Å². The summed E-state index contributed by atoms with van der Waals surface area (Å²) in [5, 5.41) is 15.9. The highest BCUT2D eigenvalue weighted by Crippen LogP contribution is 2.29. The third-order valence-electron chi connectivity index (χ3n) is 4.18. The third-order valence-corrected chi connectivity index (χ3v) is 4.18. The maximum atomic E-state index is 5.21. The molecule has 0 amide bonds. The number of nitrogens with zero attached hydrogens (tertiary/aromatic N) is 4. The van der Waals surface area contributed by atoms with Gasteiger partial charge in [0.05, 0.1) is 18.3 Å². The van der Waals surface area contributed by atoms with E-state index in [0.29, 0.717) is 0 Å². The molecule has 1 heterocycles. The van der Waals surface area contributed by atoms with Crippen LogP contribution in [0.3, 0.4) is 0 Å². The van der Waals surface area contributed by atoms with Gasteiger partial charge in [0, 0.05) is 5.69 Å². The molecule has 0 saturated heterocycles. The van der Waals surface area contributed by atoms with Crippen molar-refractivity contribution in [2.75, 3.05) is 12.4 Å². The summed E-state index contributed by atoms with van der Waals surface area (Å²) in [5.41, 5.74) is 1.53. The van der Waals surface area contributed by atoms with Gasteiger partial charge in [0.15, 0.2) is 5.82 Å². The Hall–Kier alpha value is -2.89. The maximum Gasteiger partial charge on any atom is 0.181 e. The minimum absolute atomic E-state index is 0.398. The van der Waals surface area contributed by atoms with Crippen LogP contribution in [0.15, 0.2) is 54.6 Å². The molecule has 0 saturated carbocycles. The van der Waals surface area contributed by atoms with Crippen molar-refractivity contribution in [2.24, 2.45) is 0 Å². The van der Waals surface area contributed by atoms with E-state index in [2.05, 4.69) is 34.7 Å². The molecule has 0 bridgehead atoms. The number of benzene rings is 2. The molecule has 0 fully saturated rings. The first-order valence-corrected chi connectivity index (χ1v) is 7.93. The summed E-state index contributed by atoms with van der Waals surface area (Å²) < 4.78 is 6.97. The molecule has 6 nitrogen and oxygen atoms in total. The van der Waals surface area contributed by atoms with Crippen LogP contribution in [0.4, 0.5) is 5.69 Å². The van der Waals surface area contributed by atoms with E-state index in [9.17, 15) is 0 Å². The van der Waals surface area contributed by atoms with Crippen LogP contribution in [0.5, 0.6) is 5.75 Å². The second-order valence-electron chi connectivity index (χ2n) is 5.79. The lowest BCUT2D eigenvalue weighted by atomic mass is 9.97. The number of methoxy groups -OCH3 is 1. The first kappa shape index (κ1) is 16.0. The fraction of sp³-hybridized carbons (Fsp3) is 0.278. The molecule has 2 aromatic carbocycles. The predicted molar refractivity (Wildman–Crippen MR) is 93.4 cm³/mol. The molecule has 6 heteroatoms. The Morgan fingerprint density at radius 1 is 1.08 bits per heavy atom. The lowest BCUT2D eigenvalue weighted by Gasteiger charge is -2.29. The van der Waals surface area contributed by atoms with E-state index in [4.69, 9.17) is 4.74 Å². The van der Waals surface area contributed by atoms with E-state index < -0.39 is 5.54 Å². The van der Waals surface area contributed by atoms with Gasteiger partial charge in [0.1, 0.15) is 5.75 Å². The number of rotatable bonds is 6. The zero-order valence-corrected chi connectivity index (χ0v) is 14.1. The molecule has 0 spiro atoms. The molecular formula is C18H21N5O. The fourth-order valence-electron chi connectivity index (χ4n) is 2.57. The number of tetrazole rings is 1. The van der Waals surface area contributed by atoms with Gasteiger partial charge < -0.3 is 10.1 Å². The van der Waals surface area contributed by atoms with Gasteiger partial charge in [-0.15, -0.1) is 5.10 Å². The van der Waals surface area contributed by atoms with E-state index in [-0.39, 0.29) is 0 Å². The normalized spacial score (nSPS) is 13.3. The highest BCUT2D eigenvalue weighted by Gasteiger charge is 2.31. The van der Waals surface area contributed by atoms with Crippen LogP contribution in [-0.2, 0) is 5.54 Å². The number of para-hydroxylation sites is 1. The Labute approximate surface area is 141 Å². The van der Waals surface area contributed by atoms with E-state index in [0.717, 1.165) is 29.4 Å². The van der Waals surface area contributed by atoms with Crippen LogP contribution in [0.25, 0.3) is 5.69 Å². The Bertz CT molecular complexity index is 785. The van der Waals surface area contributed by atoms with Gasteiger partial charge in [-0.3, -0.25) is 0 Å². The second kappa shape index (κ2) is 6.70. The third kappa shape index (κ3) is 3.08. The largest absolute Gasteiger partial charge is 0.497 e. The molecule has 124 valence electrons. The van der Waals surface area contributed by atoms with Crippen LogP contribution >= 0.6 is 0 Å². The number of nitrogens with one attached hydrogen (secondary N) is 1. The molecule has 1 N–H and O–H groups in total. The number of hydrogen-bond acceptors (Lipinski definition) is 5. The van der Waals surface area contributed by atoms with Crippen molar-refractivity contribution in [3.05, 3.63) is 60.4 Å². The predicted octanol–water partition coefficient (Wildman–Crippen LogP) is 3.41. The van der Waals surface area contributed by atoms with Crippen LogP contribution < -0.4 is 10.1 Å². The average molecular weight is 323 g/mol. The summed E-state index contributed by atoms with van der Waals surface area (Å²) >= 11 is 0. The molecule has 3 aromatic rings. The minimum atomic E-state index is -0.398. The van der Waals surface area contributed by atoms with Gasteiger partial charge >= 0.3 is 0 Å². The number of anilines is 1. The van der Waals surface area contributed by atoms with Crippen LogP contribution in [0, 0.1) is 0 Å². The Kier molecular flexibility index (Phi) is 4.46. The van der Waals surface area contributed by atoms with Gasteiger partial charge in [-0.05, 0) is 60.2 Å². The van der Waals surface area contributed by atoms with E-state index in [1.807, 2.05) is 54.6 Å². The quantitative estimate of drug-likeness (QED) is 0.753. The van der Waals surface area contributed by atoms with Gasteiger partial charge in [0.25, 0.3) is 0 Å². The lowest BCUT2D eigenvalue weighted by molar-refractivity contribution is 0.414. The Morgan fingerprint density at radius 2 is 1.79 bits per heavy atom. The van der Waals surface area contributed by atoms with Gasteiger partial charge in [-0.1, -0.05) is 25.1 Å². The average Bonchev–Trinajstić information content (AvgIpc) is 3.13. The summed E-state index contributed by atoms with van der Waals surface area (Å²) in [6, 6.07) is 17.8. The van der Waals surface area contributed by atoms with Crippen molar-refractivity contribution in [1.29, 1.82) is 0 Å². The number of aromatic nitrogens is 4. The molecule has 1 atom stereocenters. The number of hydrogen-bond donors (Lipinski definition) is 1. The molecule has 0 aliphatic heterocycles. The molecule has 0 unspecified atom stereocenters.